The Morgan fingerprint density at radius 3 is 2.89 bits per heavy atom. The summed E-state index contributed by atoms with van der Waals surface area (Å²) in [5, 5.41) is 15.6. The van der Waals surface area contributed by atoms with Crippen molar-refractivity contribution >= 4 is 23.3 Å². The summed E-state index contributed by atoms with van der Waals surface area (Å²) in [4.78, 5) is 11.9. The molecule has 1 saturated carbocycles. The highest BCUT2D eigenvalue weighted by molar-refractivity contribution is 6.30. The number of hydrogen-bond acceptors (Lipinski definition) is 2. The molecule has 0 bridgehead atoms. The van der Waals surface area contributed by atoms with Crippen molar-refractivity contribution in [1.82, 2.24) is 5.32 Å². The molecular formula is C14H19ClN2O2. The van der Waals surface area contributed by atoms with E-state index in [-0.39, 0.29) is 24.6 Å². The summed E-state index contributed by atoms with van der Waals surface area (Å²) >= 11 is 5.86. The molecule has 1 fully saturated rings. The number of rotatable bonds is 3. The maximum Gasteiger partial charge on any atom is 0.319 e. The molecule has 1 aliphatic rings. The van der Waals surface area contributed by atoms with Crippen LogP contribution in [0.15, 0.2) is 24.3 Å². The number of hydrogen-bond donors (Lipinski definition) is 3. The van der Waals surface area contributed by atoms with Crippen molar-refractivity contribution in [3.05, 3.63) is 29.3 Å². The van der Waals surface area contributed by atoms with Crippen LogP contribution in [-0.2, 0) is 0 Å². The Morgan fingerprint density at radius 2 is 2.16 bits per heavy atom. The van der Waals surface area contributed by atoms with Crippen molar-refractivity contribution in [1.29, 1.82) is 0 Å². The molecule has 0 saturated heterocycles. The molecule has 0 heterocycles. The molecule has 2 amide bonds. The number of aliphatic hydroxyl groups excluding tert-OH is 1. The monoisotopic (exact) mass is 282 g/mol. The van der Waals surface area contributed by atoms with Gasteiger partial charge in [0.05, 0.1) is 0 Å². The number of amides is 2. The molecule has 5 heteroatoms. The van der Waals surface area contributed by atoms with Crippen LogP contribution < -0.4 is 10.6 Å². The van der Waals surface area contributed by atoms with Crippen LogP contribution >= 0.6 is 11.6 Å². The van der Waals surface area contributed by atoms with E-state index in [1.54, 1.807) is 24.3 Å². The second-order valence-corrected chi connectivity index (χ2v) is 5.38. The first kappa shape index (κ1) is 14.2. The Morgan fingerprint density at radius 1 is 1.37 bits per heavy atom. The standard InChI is InChI=1S/C14H19ClN2O2/c15-11-5-3-6-12(8-11)16-14(19)17-13-7-2-1-4-10(13)9-18/h3,5-6,8,10,13,18H,1-2,4,7,9H2,(H2,16,17,19). The molecule has 1 aromatic rings. The van der Waals surface area contributed by atoms with Crippen LogP contribution in [0.4, 0.5) is 10.5 Å². The third-order valence-corrected chi connectivity index (χ3v) is 3.78. The van der Waals surface area contributed by atoms with Crippen LogP contribution in [0.1, 0.15) is 25.7 Å². The minimum Gasteiger partial charge on any atom is -0.396 e. The van der Waals surface area contributed by atoms with Crippen molar-refractivity contribution in [2.45, 2.75) is 31.7 Å². The summed E-state index contributed by atoms with van der Waals surface area (Å²) in [7, 11) is 0. The smallest absolute Gasteiger partial charge is 0.319 e. The van der Waals surface area contributed by atoms with Gasteiger partial charge in [0.1, 0.15) is 0 Å². The fraction of sp³-hybridized carbons (Fsp3) is 0.500. The van der Waals surface area contributed by atoms with E-state index in [1.807, 2.05) is 0 Å². The van der Waals surface area contributed by atoms with E-state index in [2.05, 4.69) is 10.6 Å². The quantitative estimate of drug-likeness (QED) is 0.798. The van der Waals surface area contributed by atoms with Gasteiger partial charge >= 0.3 is 6.03 Å². The molecule has 1 aliphatic carbocycles. The van der Waals surface area contributed by atoms with Crippen LogP contribution in [0.2, 0.25) is 5.02 Å². The molecular weight excluding hydrogens is 264 g/mol. The number of aliphatic hydroxyl groups is 1. The zero-order chi connectivity index (χ0) is 13.7. The Balaban J connectivity index is 1.90. The third-order valence-electron chi connectivity index (χ3n) is 3.54. The molecule has 0 aromatic heterocycles. The Kier molecular flexibility index (Phi) is 5.05. The molecule has 2 atom stereocenters. The molecule has 19 heavy (non-hydrogen) atoms. The first-order chi connectivity index (χ1) is 9.19. The predicted octanol–water partition coefficient (Wildman–Crippen LogP) is 3.01. The summed E-state index contributed by atoms with van der Waals surface area (Å²) in [6.45, 7) is 0.127. The lowest BCUT2D eigenvalue weighted by molar-refractivity contribution is 0.156. The Labute approximate surface area is 118 Å². The van der Waals surface area contributed by atoms with E-state index in [1.165, 1.54) is 0 Å². The summed E-state index contributed by atoms with van der Waals surface area (Å²) in [6, 6.07) is 6.84. The average Bonchev–Trinajstić information content (AvgIpc) is 2.39. The van der Waals surface area contributed by atoms with Crippen molar-refractivity contribution in [2.24, 2.45) is 5.92 Å². The molecule has 104 valence electrons. The van der Waals surface area contributed by atoms with E-state index < -0.39 is 0 Å². The van der Waals surface area contributed by atoms with E-state index in [0.717, 1.165) is 25.7 Å². The predicted molar refractivity (Wildman–Crippen MR) is 76.4 cm³/mol. The molecule has 3 N–H and O–H groups in total. The summed E-state index contributed by atoms with van der Waals surface area (Å²) in [6.07, 6.45) is 4.12. The summed E-state index contributed by atoms with van der Waals surface area (Å²) in [5.41, 5.74) is 0.668. The zero-order valence-electron chi connectivity index (χ0n) is 10.7. The summed E-state index contributed by atoms with van der Waals surface area (Å²) in [5.74, 6) is 0.166. The fourth-order valence-electron chi connectivity index (χ4n) is 2.52. The second-order valence-electron chi connectivity index (χ2n) is 4.94. The first-order valence-electron chi connectivity index (χ1n) is 6.63. The van der Waals surface area contributed by atoms with Crippen molar-refractivity contribution in [2.75, 3.05) is 11.9 Å². The molecule has 0 radical (unpaired) electrons. The largest absolute Gasteiger partial charge is 0.396 e. The maximum absolute atomic E-state index is 11.9. The molecule has 0 aliphatic heterocycles. The summed E-state index contributed by atoms with van der Waals surface area (Å²) < 4.78 is 0. The van der Waals surface area contributed by atoms with Gasteiger partial charge in [-0.25, -0.2) is 4.79 Å². The number of anilines is 1. The van der Waals surface area contributed by atoms with Gasteiger partial charge in [-0.05, 0) is 31.0 Å². The maximum atomic E-state index is 11.9. The van der Waals surface area contributed by atoms with Gasteiger partial charge < -0.3 is 15.7 Å². The van der Waals surface area contributed by atoms with Crippen molar-refractivity contribution in [3.8, 4) is 0 Å². The van der Waals surface area contributed by atoms with Crippen LogP contribution in [0.5, 0.6) is 0 Å². The molecule has 4 nitrogen and oxygen atoms in total. The Bertz CT molecular complexity index is 439. The molecule has 1 aromatic carbocycles. The zero-order valence-corrected chi connectivity index (χ0v) is 11.5. The molecule has 0 spiro atoms. The lowest BCUT2D eigenvalue weighted by Gasteiger charge is -2.30. The van der Waals surface area contributed by atoms with Gasteiger partial charge in [-0.2, -0.15) is 0 Å². The second kappa shape index (κ2) is 6.78. The van der Waals surface area contributed by atoms with Gasteiger partial charge in [-0.3, -0.25) is 0 Å². The third kappa shape index (κ3) is 4.11. The topological polar surface area (TPSA) is 61.4 Å². The highest BCUT2D eigenvalue weighted by Gasteiger charge is 2.25. The van der Waals surface area contributed by atoms with Gasteiger partial charge in [-0.15, -0.1) is 0 Å². The van der Waals surface area contributed by atoms with Gasteiger partial charge in [0.2, 0.25) is 0 Å². The van der Waals surface area contributed by atoms with E-state index in [4.69, 9.17) is 11.6 Å². The van der Waals surface area contributed by atoms with E-state index in [0.29, 0.717) is 10.7 Å². The molecule has 2 rings (SSSR count). The lowest BCUT2D eigenvalue weighted by Crippen LogP contribution is -2.45. The van der Waals surface area contributed by atoms with Crippen LogP contribution in [0, 0.1) is 5.92 Å². The highest BCUT2D eigenvalue weighted by Crippen LogP contribution is 2.24. The lowest BCUT2D eigenvalue weighted by atomic mass is 9.85. The average molecular weight is 283 g/mol. The van der Waals surface area contributed by atoms with Gasteiger partial charge in [0.25, 0.3) is 0 Å². The molecule has 2 unspecified atom stereocenters. The minimum atomic E-state index is -0.243. The number of halogens is 1. The van der Waals surface area contributed by atoms with Gasteiger partial charge in [-0.1, -0.05) is 30.5 Å². The van der Waals surface area contributed by atoms with Crippen LogP contribution in [0.25, 0.3) is 0 Å². The SMILES string of the molecule is O=C(Nc1cccc(Cl)c1)NC1CCCCC1CO. The number of carbonyl (C=O) groups is 1. The van der Waals surface area contributed by atoms with E-state index in [9.17, 15) is 9.90 Å². The number of nitrogens with one attached hydrogen (secondary N) is 2. The van der Waals surface area contributed by atoms with Gasteiger partial charge in [0.15, 0.2) is 0 Å². The van der Waals surface area contributed by atoms with Crippen molar-refractivity contribution < 1.29 is 9.90 Å². The number of benzene rings is 1. The number of carbonyl (C=O) groups excluding carboxylic acids is 1. The fourth-order valence-corrected chi connectivity index (χ4v) is 2.71. The minimum absolute atomic E-state index is 0.0536. The Hall–Kier alpha value is -1.26. The highest BCUT2D eigenvalue weighted by atomic mass is 35.5. The normalized spacial score (nSPS) is 22.8. The first-order valence-corrected chi connectivity index (χ1v) is 7.01. The van der Waals surface area contributed by atoms with Crippen LogP contribution in [-0.4, -0.2) is 23.8 Å². The number of urea groups is 1. The van der Waals surface area contributed by atoms with E-state index >= 15 is 0 Å². The van der Waals surface area contributed by atoms with Crippen LogP contribution in [0.3, 0.4) is 0 Å². The van der Waals surface area contributed by atoms with Gasteiger partial charge in [0, 0.05) is 29.3 Å². The van der Waals surface area contributed by atoms with Crippen molar-refractivity contribution in [3.63, 3.8) is 0 Å².